The van der Waals surface area contributed by atoms with Crippen molar-refractivity contribution in [3.63, 3.8) is 0 Å². The van der Waals surface area contributed by atoms with Gasteiger partial charge in [-0.2, -0.15) is 4.31 Å². The van der Waals surface area contributed by atoms with E-state index >= 15 is 0 Å². The molecule has 1 aliphatic rings. The van der Waals surface area contributed by atoms with E-state index in [0.717, 1.165) is 23.1 Å². The first-order valence-electron chi connectivity index (χ1n) is 8.96. The first kappa shape index (κ1) is 18.6. The number of imidazole rings is 1. The van der Waals surface area contributed by atoms with Gasteiger partial charge in [0.15, 0.2) is 0 Å². The van der Waals surface area contributed by atoms with Gasteiger partial charge in [-0.25, -0.2) is 17.8 Å². The average molecular weight is 401 g/mol. The molecule has 2 heterocycles. The second-order valence-corrected chi connectivity index (χ2v) is 8.48. The fraction of sp³-hybridized carbons (Fsp3) is 0.250. The second-order valence-electron chi connectivity index (χ2n) is 6.62. The molecule has 1 N–H and O–H groups in total. The van der Waals surface area contributed by atoms with Crippen molar-refractivity contribution in [3.05, 3.63) is 66.4 Å². The molecule has 8 heteroatoms. The molecule has 0 radical (unpaired) electrons. The first-order chi connectivity index (χ1) is 13.5. The first-order valence-corrected chi connectivity index (χ1v) is 10.4. The van der Waals surface area contributed by atoms with Gasteiger partial charge in [0.2, 0.25) is 10.0 Å². The van der Waals surface area contributed by atoms with E-state index in [1.54, 1.807) is 13.3 Å². The maximum atomic E-state index is 14.1. The largest absolute Gasteiger partial charge is 0.497 e. The summed E-state index contributed by atoms with van der Waals surface area (Å²) in [5.41, 5.74) is 1.66. The lowest BCUT2D eigenvalue weighted by atomic mass is 10.1. The third-order valence-corrected chi connectivity index (χ3v) is 6.86. The molecule has 146 valence electrons. The predicted molar refractivity (Wildman–Crippen MR) is 103 cm³/mol. The van der Waals surface area contributed by atoms with Gasteiger partial charge in [0.1, 0.15) is 22.3 Å². The SMILES string of the molecule is COc1cccc(-c2cnc(C3CCCN3S(=O)(=O)c3ccccc3F)[nH]2)c1. The van der Waals surface area contributed by atoms with Crippen LogP contribution in [0.3, 0.4) is 0 Å². The van der Waals surface area contributed by atoms with Gasteiger partial charge in [-0.1, -0.05) is 24.3 Å². The molecule has 1 atom stereocenters. The van der Waals surface area contributed by atoms with Crippen LogP contribution in [-0.2, 0) is 10.0 Å². The van der Waals surface area contributed by atoms with Crippen LogP contribution in [-0.4, -0.2) is 36.3 Å². The molecule has 2 aromatic carbocycles. The van der Waals surface area contributed by atoms with Crippen LogP contribution in [0.15, 0.2) is 59.6 Å². The molecule has 0 aliphatic carbocycles. The Bertz CT molecular complexity index is 1100. The van der Waals surface area contributed by atoms with Crippen molar-refractivity contribution in [1.29, 1.82) is 0 Å². The number of H-pyrrole nitrogens is 1. The zero-order chi connectivity index (χ0) is 19.7. The molecule has 4 rings (SSSR count). The van der Waals surface area contributed by atoms with Gasteiger partial charge in [-0.3, -0.25) is 0 Å². The fourth-order valence-electron chi connectivity index (χ4n) is 3.52. The normalized spacial score (nSPS) is 17.7. The van der Waals surface area contributed by atoms with Crippen molar-refractivity contribution >= 4 is 10.0 Å². The second kappa shape index (κ2) is 7.37. The zero-order valence-corrected chi connectivity index (χ0v) is 16.1. The summed E-state index contributed by atoms with van der Waals surface area (Å²) < 4.78 is 46.8. The van der Waals surface area contributed by atoms with Crippen LogP contribution in [0.2, 0.25) is 0 Å². The van der Waals surface area contributed by atoms with Gasteiger partial charge in [0.25, 0.3) is 0 Å². The minimum absolute atomic E-state index is 0.304. The van der Waals surface area contributed by atoms with E-state index in [1.165, 1.54) is 22.5 Å². The van der Waals surface area contributed by atoms with Gasteiger partial charge < -0.3 is 9.72 Å². The maximum Gasteiger partial charge on any atom is 0.246 e. The van der Waals surface area contributed by atoms with Crippen molar-refractivity contribution in [2.45, 2.75) is 23.8 Å². The Morgan fingerprint density at radius 3 is 2.82 bits per heavy atom. The van der Waals surface area contributed by atoms with Crippen LogP contribution in [0.5, 0.6) is 5.75 Å². The van der Waals surface area contributed by atoms with Gasteiger partial charge in [-0.05, 0) is 37.1 Å². The molecule has 0 amide bonds. The molecule has 1 aliphatic heterocycles. The molecule has 0 bridgehead atoms. The van der Waals surface area contributed by atoms with E-state index in [2.05, 4.69) is 9.97 Å². The van der Waals surface area contributed by atoms with E-state index < -0.39 is 21.9 Å². The number of halogens is 1. The Kier molecular flexibility index (Phi) is 4.91. The summed E-state index contributed by atoms with van der Waals surface area (Å²) in [4.78, 5) is 7.33. The summed E-state index contributed by atoms with van der Waals surface area (Å²) in [5, 5.41) is 0. The third kappa shape index (κ3) is 3.29. The Labute approximate surface area is 163 Å². The fourth-order valence-corrected chi connectivity index (χ4v) is 5.25. The lowest BCUT2D eigenvalue weighted by Gasteiger charge is -2.22. The summed E-state index contributed by atoms with van der Waals surface area (Å²) in [6.07, 6.45) is 2.99. The number of hydrogen-bond donors (Lipinski definition) is 1. The van der Waals surface area contributed by atoms with Crippen molar-refractivity contribution < 1.29 is 17.5 Å². The van der Waals surface area contributed by atoms with Crippen LogP contribution in [0.4, 0.5) is 4.39 Å². The van der Waals surface area contributed by atoms with E-state index in [9.17, 15) is 12.8 Å². The lowest BCUT2D eigenvalue weighted by molar-refractivity contribution is 0.382. The highest BCUT2D eigenvalue weighted by Crippen LogP contribution is 2.36. The minimum Gasteiger partial charge on any atom is -0.497 e. The highest BCUT2D eigenvalue weighted by molar-refractivity contribution is 7.89. The lowest BCUT2D eigenvalue weighted by Crippen LogP contribution is -2.31. The van der Waals surface area contributed by atoms with Crippen molar-refractivity contribution in [1.82, 2.24) is 14.3 Å². The van der Waals surface area contributed by atoms with Gasteiger partial charge in [0.05, 0.1) is 25.0 Å². The molecule has 3 aromatic rings. The number of hydrogen-bond acceptors (Lipinski definition) is 4. The van der Waals surface area contributed by atoms with Crippen LogP contribution in [0.1, 0.15) is 24.7 Å². The smallest absolute Gasteiger partial charge is 0.246 e. The number of methoxy groups -OCH3 is 1. The molecule has 1 aromatic heterocycles. The third-order valence-electron chi connectivity index (χ3n) is 4.92. The molecule has 1 saturated heterocycles. The number of nitrogens with zero attached hydrogens (tertiary/aromatic N) is 2. The highest BCUT2D eigenvalue weighted by atomic mass is 32.2. The van der Waals surface area contributed by atoms with E-state index in [4.69, 9.17) is 4.74 Å². The van der Waals surface area contributed by atoms with Gasteiger partial charge in [0, 0.05) is 12.1 Å². The van der Waals surface area contributed by atoms with Crippen LogP contribution in [0.25, 0.3) is 11.3 Å². The Morgan fingerprint density at radius 2 is 2.04 bits per heavy atom. The van der Waals surface area contributed by atoms with Crippen LogP contribution < -0.4 is 4.74 Å². The molecule has 6 nitrogen and oxygen atoms in total. The Hall–Kier alpha value is -2.71. The Balaban J connectivity index is 1.66. The van der Waals surface area contributed by atoms with E-state index in [-0.39, 0.29) is 4.90 Å². The quantitative estimate of drug-likeness (QED) is 0.707. The maximum absolute atomic E-state index is 14.1. The van der Waals surface area contributed by atoms with Crippen LogP contribution in [0, 0.1) is 5.82 Å². The summed E-state index contributed by atoms with van der Waals surface area (Å²) in [6.45, 7) is 0.330. The van der Waals surface area contributed by atoms with Crippen molar-refractivity contribution in [3.8, 4) is 17.0 Å². The van der Waals surface area contributed by atoms with E-state index in [1.807, 2.05) is 24.3 Å². The molecule has 0 saturated carbocycles. The topological polar surface area (TPSA) is 75.3 Å². The molecular weight excluding hydrogens is 381 g/mol. The Morgan fingerprint density at radius 1 is 1.21 bits per heavy atom. The molecule has 1 fully saturated rings. The molecule has 0 spiro atoms. The highest BCUT2D eigenvalue weighted by Gasteiger charge is 2.38. The van der Waals surface area contributed by atoms with E-state index in [0.29, 0.717) is 25.2 Å². The molecular formula is C20H20FN3O3S. The average Bonchev–Trinajstić information content (AvgIpc) is 3.38. The summed E-state index contributed by atoms with van der Waals surface area (Å²) in [7, 11) is -2.36. The van der Waals surface area contributed by atoms with Crippen molar-refractivity contribution in [2.24, 2.45) is 0 Å². The van der Waals surface area contributed by atoms with Gasteiger partial charge >= 0.3 is 0 Å². The number of aromatic nitrogens is 2. The predicted octanol–water partition coefficient (Wildman–Crippen LogP) is 3.75. The number of rotatable bonds is 5. The number of aromatic amines is 1. The number of ether oxygens (including phenoxy) is 1. The standard InChI is InChI=1S/C20H20FN3O3S/c1-27-15-7-4-6-14(12-15)17-13-22-20(23-17)18-9-5-11-24(18)28(25,26)19-10-3-2-8-16(19)21/h2-4,6-8,10,12-13,18H,5,9,11H2,1H3,(H,22,23). The summed E-state index contributed by atoms with van der Waals surface area (Å²) in [5.74, 6) is 0.526. The number of nitrogens with one attached hydrogen (secondary N) is 1. The molecule has 1 unspecified atom stereocenters. The zero-order valence-electron chi connectivity index (χ0n) is 15.3. The molecule has 28 heavy (non-hydrogen) atoms. The number of benzene rings is 2. The summed E-state index contributed by atoms with van der Waals surface area (Å²) in [6, 6.07) is 12.5. The monoisotopic (exact) mass is 401 g/mol. The summed E-state index contributed by atoms with van der Waals surface area (Å²) >= 11 is 0. The minimum atomic E-state index is -3.95. The van der Waals surface area contributed by atoms with Crippen molar-refractivity contribution in [2.75, 3.05) is 13.7 Å². The van der Waals surface area contributed by atoms with Gasteiger partial charge in [-0.15, -0.1) is 0 Å². The number of sulfonamides is 1. The van der Waals surface area contributed by atoms with Crippen LogP contribution >= 0.6 is 0 Å².